The van der Waals surface area contributed by atoms with Crippen molar-refractivity contribution in [1.29, 1.82) is 5.26 Å². The van der Waals surface area contributed by atoms with E-state index < -0.39 is 41.4 Å². The normalized spacial score (nSPS) is 20.8. The van der Waals surface area contributed by atoms with Crippen molar-refractivity contribution >= 4 is 57.4 Å². The van der Waals surface area contributed by atoms with Crippen LogP contribution in [-0.2, 0) is 51.0 Å². The van der Waals surface area contributed by atoms with Crippen LogP contribution in [0.3, 0.4) is 0 Å². The molecule has 474 valence electrons. The minimum Gasteiger partial charge on any atom is -0.459 e. The molecule has 3 saturated heterocycles. The van der Waals surface area contributed by atoms with Crippen LogP contribution in [0.2, 0.25) is 0 Å². The molecular formula is C64H86N12O11S. The number of piperazine rings is 1. The summed E-state index contributed by atoms with van der Waals surface area (Å²) in [6.45, 7) is 17.0. The molecule has 2 aromatic heterocycles. The van der Waals surface area contributed by atoms with Crippen molar-refractivity contribution in [2.24, 2.45) is 11.1 Å². The van der Waals surface area contributed by atoms with Crippen LogP contribution in [0, 0.1) is 23.7 Å². The third-order valence-electron chi connectivity index (χ3n) is 16.9. The summed E-state index contributed by atoms with van der Waals surface area (Å²) in [4.78, 5) is 78.6. The van der Waals surface area contributed by atoms with Crippen molar-refractivity contribution < 1.29 is 52.7 Å². The van der Waals surface area contributed by atoms with E-state index in [4.69, 9.17) is 44.1 Å². The Kier molecular flexibility index (Phi) is 22.6. The first-order valence-electron chi connectivity index (χ1n) is 30.5. The number of rotatable bonds is 27. The second kappa shape index (κ2) is 30.4. The van der Waals surface area contributed by atoms with E-state index in [-0.39, 0.29) is 81.5 Å². The van der Waals surface area contributed by atoms with Crippen molar-refractivity contribution in [2.75, 3.05) is 116 Å². The first kappa shape index (κ1) is 65.4. The van der Waals surface area contributed by atoms with Crippen molar-refractivity contribution in [3.05, 3.63) is 94.8 Å². The monoisotopic (exact) mass is 1230 g/mol. The molecule has 4 aliphatic heterocycles. The summed E-state index contributed by atoms with van der Waals surface area (Å²) >= 11 is 1.57. The molecule has 0 aliphatic carbocycles. The molecule has 5 amide bonds. The predicted molar refractivity (Wildman–Crippen MR) is 334 cm³/mol. The highest BCUT2D eigenvalue weighted by Gasteiger charge is 2.45. The fourth-order valence-electron chi connectivity index (χ4n) is 12.2. The number of aromatic nitrogens is 3. The molecule has 9 rings (SSSR count). The minimum absolute atomic E-state index is 0.0239. The molecule has 3 aromatic carbocycles. The van der Waals surface area contributed by atoms with Gasteiger partial charge in [-0.05, 0) is 68.7 Å². The lowest BCUT2D eigenvalue weighted by Gasteiger charge is -2.41. The number of carbonyl (C=O) groups is 4. The summed E-state index contributed by atoms with van der Waals surface area (Å²) in [5, 5.41) is 28.5. The Morgan fingerprint density at radius 2 is 1.53 bits per heavy atom. The van der Waals surface area contributed by atoms with Gasteiger partial charge in [0.05, 0.1) is 118 Å². The Balaban J connectivity index is 0.650. The molecule has 8 atom stereocenters. The minimum atomic E-state index is -0.985. The number of primary amides is 1. The second-order valence-corrected chi connectivity index (χ2v) is 25.1. The Hall–Kier alpha value is -7.08. The Morgan fingerprint density at radius 3 is 2.23 bits per heavy atom. The summed E-state index contributed by atoms with van der Waals surface area (Å²) in [5.41, 5.74) is 12.8. The number of fused-ring (bicyclic) bond motifs is 2. The maximum absolute atomic E-state index is 14.1. The maximum atomic E-state index is 14.1. The van der Waals surface area contributed by atoms with Gasteiger partial charge in [0.25, 0.3) is 0 Å². The fourth-order valence-corrected chi connectivity index (χ4v) is 13.0. The summed E-state index contributed by atoms with van der Waals surface area (Å²) < 4.78 is 35.7. The number of aryl methyl sites for hydroxylation is 1. The highest BCUT2D eigenvalue weighted by molar-refractivity contribution is 7.13. The van der Waals surface area contributed by atoms with Gasteiger partial charge in [-0.3, -0.25) is 19.3 Å². The quantitative estimate of drug-likeness (QED) is 0.0479. The number of ether oxygens (including phenoxy) is 6. The number of nitrogens with one attached hydrogen (secondary N) is 2. The van der Waals surface area contributed by atoms with Crippen molar-refractivity contribution in [3.8, 4) is 22.5 Å². The van der Waals surface area contributed by atoms with Gasteiger partial charge < -0.3 is 69.5 Å². The largest absolute Gasteiger partial charge is 0.459 e. The smallest absolute Gasteiger partial charge is 0.318 e. The van der Waals surface area contributed by atoms with Crippen molar-refractivity contribution in [2.45, 2.75) is 122 Å². The van der Waals surface area contributed by atoms with Gasteiger partial charge in [-0.25, -0.2) is 9.78 Å². The van der Waals surface area contributed by atoms with Crippen LogP contribution in [0.4, 0.5) is 16.3 Å². The number of aliphatic hydroxyl groups is 1. The third kappa shape index (κ3) is 16.6. The van der Waals surface area contributed by atoms with E-state index in [2.05, 4.69) is 85.9 Å². The van der Waals surface area contributed by atoms with Gasteiger partial charge in [0, 0.05) is 68.4 Å². The Morgan fingerprint density at radius 1 is 0.830 bits per heavy atom. The summed E-state index contributed by atoms with van der Waals surface area (Å²) in [6, 6.07) is 22.1. The van der Waals surface area contributed by atoms with Gasteiger partial charge in [0.2, 0.25) is 17.7 Å². The number of nitrogens with two attached hydrogens (primary N) is 1. The maximum Gasteiger partial charge on any atom is 0.318 e. The molecule has 24 heteroatoms. The Labute approximate surface area is 519 Å². The Bertz CT molecular complexity index is 3210. The number of β-amino-alcohol motifs (C(OH)–C–C–N with tert-alkyl or cyclic N) is 1. The van der Waals surface area contributed by atoms with E-state index in [1.807, 2.05) is 71.3 Å². The number of thiazole rings is 1. The molecule has 23 nitrogen and oxygen atoms in total. The van der Waals surface area contributed by atoms with E-state index in [9.17, 15) is 29.5 Å². The van der Waals surface area contributed by atoms with E-state index in [0.717, 1.165) is 64.0 Å². The zero-order chi connectivity index (χ0) is 62.5. The number of benzene rings is 3. The molecule has 5 aromatic rings. The molecule has 0 spiro atoms. The zero-order valence-electron chi connectivity index (χ0n) is 51.7. The van der Waals surface area contributed by atoms with Gasteiger partial charge in [0.15, 0.2) is 0 Å². The number of nitriles is 1. The van der Waals surface area contributed by atoms with Gasteiger partial charge >= 0.3 is 12.0 Å². The number of aliphatic hydroxyl groups excluding tert-OH is 1. The van der Waals surface area contributed by atoms with Crippen LogP contribution in [0.1, 0.15) is 82.4 Å². The molecule has 4 aliphatic rings. The molecule has 88 heavy (non-hydrogen) atoms. The molecule has 0 unspecified atom stereocenters. The van der Waals surface area contributed by atoms with Crippen LogP contribution in [0.5, 0.6) is 6.01 Å². The van der Waals surface area contributed by atoms with Crippen LogP contribution in [-0.4, -0.2) is 207 Å². The highest BCUT2D eigenvalue weighted by Crippen LogP contribution is 2.36. The average molecular weight is 1230 g/mol. The van der Waals surface area contributed by atoms with E-state index in [1.54, 1.807) is 16.2 Å². The standard InChI is InChI=1S/C64H86N12O11S/c1-41(44-15-17-46(18-16-44)57-42(2)67-40-88-57)68-60(79)55-33-48(77)36-76(55)61(80)58(64(4,5)6)70-56(78)39-85-30-29-83-26-25-82-27-28-84-31-32-86-49-34-54(72(7)37-49)43(3)87-63-69-52-38-73(53-14-10-12-45-11-8-9-13-50(45)53)22-20-51(52)59(71-63)74-23-24-75(62(66)81)47(35-74)19-21-65/h8-18,40-41,43,47-49,54-55,58,77H,19-20,22-39H2,1-7H3,(H2,66,81)(H,68,79)(H,70,78)/t41-,43+,47-,48+,49+,54-,55-,58+/m0/s1. The highest BCUT2D eigenvalue weighted by atomic mass is 32.1. The first-order valence-corrected chi connectivity index (χ1v) is 31.4. The van der Waals surface area contributed by atoms with Crippen LogP contribution in [0.15, 0.2) is 72.2 Å². The van der Waals surface area contributed by atoms with Gasteiger partial charge in [-0.2, -0.15) is 15.2 Å². The van der Waals surface area contributed by atoms with Crippen LogP contribution in [0.25, 0.3) is 21.2 Å². The summed E-state index contributed by atoms with van der Waals surface area (Å²) in [7, 11) is 2.07. The lowest BCUT2D eigenvalue weighted by atomic mass is 9.85. The molecular weight excluding hydrogens is 1140 g/mol. The van der Waals surface area contributed by atoms with Crippen molar-refractivity contribution in [1.82, 2.24) is 40.3 Å². The van der Waals surface area contributed by atoms with E-state index in [0.29, 0.717) is 72.2 Å². The lowest BCUT2D eigenvalue weighted by Crippen LogP contribution is -2.58. The predicted octanol–water partition coefficient (Wildman–Crippen LogP) is 5.40. The number of hydrogen-bond acceptors (Lipinski definition) is 19. The first-order chi connectivity index (χ1) is 42.4. The lowest BCUT2D eigenvalue weighted by molar-refractivity contribution is -0.144. The molecule has 6 heterocycles. The van der Waals surface area contributed by atoms with E-state index >= 15 is 0 Å². The number of likely N-dealkylation sites (tertiary alicyclic amines) is 2. The van der Waals surface area contributed by atoms with Crippen LogP contribution < -0.4 is 30.9 Å². The third-order valence-corrected chi connectivity index (χ3v) is 17.9. The average Bonchev–Trinajstić information content (AvgIpc) is 1.31. The SMILES string of the molecule is Cc1ncsc1-c1ccc([C@H](C)NC(=O)[C@@H]2C[C@@H](O)CN2C(=O)[C@@H](NC(=O)COCCOCCOCCOCCO[C@@H]2C[C@@H]([C@@H](C)Oc3nc4c(c(N5CCN(C(N)=O)[C@@H](CC#N)C5)n3)CCN(c3cccc5ccccc35)C4)N(C)C2)C(C)(C)C)cc1. The zero-order valence-corrected chi connectivity index (χ0v) is 52.5. The topological polar surface area (TPSA) is 273 Å². The van der Waals surface area contributed by atoms with Crippen molar-refractivity contribution in [3.63, 3.8) is 0 Å². The fraction of sp³-hybridized carbons (Fsp3) is 0.562. The number of anilines is 2. The van der Waals surface area contributed by atoms with Crippen LogP contribution >= 0.6 is 11.3 Å². The van der Waals surface area contributed by atoms with Gasteiger partial charge in [-0.15, -0.1) is 11.3 Å². The number of likely N-dealkylation sites (N-methyl/N-ethyl adjacent to an activating group) is 1. The summed E-state index contributed by atoms with van der Waals surface area (Å²) in [5.74, 6) is -0.550. The van der Waals surface area contributed by atoms with Gasteiger partial charge in [0.1, 0.15) is 30.6 Å². The van der Waals surface area contributed by atoms with Gasteiger partial charge in [-0.1, -0.05) is 81.4 Å². The molecule has 5 N–H and O–H groups in total. The number of nitrogens with zero attached hydrogens (tertiary/aromatic N) is 9. The molecule has 0 radical (unpaired) electrons. The molecule has 3 fully saturated rings. The number of hydrogen-bond donors (Lipinski definition) is 4. The number of urea groups is 1. The summed E-state index contributed by atoms with van der Waals surface area (Å²) in [6.07, 6.45) is 0.508. The van der Waals surface area contributed by atoms with E-state index in [1.165, 1.54) is 15.7 Å². The number of carbonyl (C=O) groups excluding carboxylic acids is 4. The second-order valence-electron chi connectivity index (χ2n) is 24.2. The number of amides is 5. The molecule has 0 saturated carbocycles. The molecule has 0 bridgehead atoms.